The number of benzene rings is 2. The van der Waals surface area contributed by atoms with Crippen LogP contribution < -0.4 is 14.8 Å². The number of hydrogen-bond donors (Lipinski definition) is 1. The number of piperidine rings is 1. The van der Waals surface area contributed by atoms with Gasteiger partial charge in [0.1, 0.15) is 12.4 Å². The van der Waals surface area contributed by atoms with Crippen molar-refractivity contribution in [2.75, 3.05) is 31.6 Å². The summed E-state index contributed by atoms with van der Waals surface area (Å²) in [6.45, 7) is 5.91. The van der Waals surface area contributed by atoms with Crippen LogP contribution in [0.2, 0.25) is 0 Å². The van der Waals surface area contributed by atoms with Gasteiger partial charge in [-0.3, -0.25) is 4.90 Å². The number of hydrogen-bond acceptors (Lipinski definition) is 6. The predicted molar refractivity (Wildman–Crippen MR) is 131 cm³/mol. The van der Waals surface area contributed by atoms with E-state index >= 15 is 0 Å². The molecule has 1 aromatic heterocycles. The molecule has 0 unspecified atom stereocenters. The van der Waals surface area contributed by atoms with Crippen LogP contribution in [0.25, 0.3) is 6.08 Å². The largest absolute Gasteiger partial charge is 0.492 e. The summed E-state index contributed by atoms with van der Waals surface area (Å²) in [7, 11) is 0. The number of rotatable bonds is 8. The first-order valence-corrected chi connectivity index (χ1v) is 11.9. The summed E-state index contributed by atoms with van der Waals surface area (Å²) in [5, 5.41) is 3.18. The number of nitrogens with one attached hydrogen (secondary N) is 1. The molecule has 1 aliphatic heterocycles. The summed E-state index contributed by atoms with van der Waals surface area (Å²) in [4.78, 5) is 11.1. The summed E-state index contributed by atoms with van der Waals surface area (Å²) in [6, 6.07) is 12.9. The lowest BCUT2D eigenvalue weighted by Crippen LogP contribution is -2.33. The third-order valence-electron chi connectivity index (χ3n) is 6.15. The minimum absolute atomic E-state index is 0.151. The molecule has 7 heteroatoms. The maximum absolute atomic E-state index is 14.9. The molecule has 1 fully saturated rings. The van der Waals surface area contributed by atoms with Gasteiger partial charge in [-0.2, -0.15) is 4.98 Å². The first-order chi connectivity index (χ1) is 16.6. The normalized spacial score (nSPS) is 15.5. The Morgan fingerprint density at radius 1 is 1.09 bits per heavy atom. The van der Waals surface area contributed by atoms with E-state index in [2.05, 4.69) is 20.2 Å². The first-order valence-electron chi connectivity index (χ1n) is 11.9. The highest BCUT2D eigenvalue weighted by Gasteiger charge is 2.18. The van der Waals surface area contributed by atoms with Crippen LogP contribution in [0.5, 0.6) is 17.4 Å². The second-order valence-corrected chi connectivity index (χ2v) is 8.84. The number of ether oxygens (including phenoxy) is 2. The van der Waals surface area contributed by atoms with Gasteiger partial charge >= 0.3 is 0 Å². The Bertz CT molecular complexity index is 1190. The van der Waals surface area contributed by atoms with Crippen LogP contribution in [0.15, 0.2) is 54.2 Å². The molecule has 0 atom stereocenters. The molecule has 0 saturated carbocycles. The molecule has 176 valence electrons. The third kappa shape index (κ3) is 5.37. The van der Waals surface area contributed by atoms with Gasteiger partial charge in [-0.25, -0.2) is 9.37 Å². The fourth-order valence-corrected chi connectivity index (χ4v) is 4.44. The highest BCUT2D eigenvalue weighted by atomic mass is 19.1. The Morgan fingerprint density at radius 2 is 1.97 bits per heavy atom. The van der Waals surface area contributed by atoms with Crippen LogP contribution in [0, 0.1) is 5.82 Å². The van der Waals surface area contributed by atoms with E-state index in [1.807, 2.05) is 43.3 Å². The Kier molecular flexibility index (Phi) is 6.72. The van der Waals surface area contributed by atoms with Crippen LogP contribution >= 0.6 is 0 Å². The molecule has 2 aromatic carbocycles. The van der Waals surface area contributed by atoms with E-state index < -0.39 is 0 Å². The predicted octanol–water partition coefficient (Wildman–Crippen LogP) is 5.98. The van der Waals surface area contributed by atoms with Gasteiger partial charge in [-0.15, -0.1) is 0 Å². The van der Waals surface area contributed by atoms with Crippen molar-refractivity contribution < 1.29 is 13.9 Å². The Hall–Kier alpha value is -3.45. The number of allylic oxidation sites excluding steroid dienone is 1. The minimum atomic E-state index is -0.364. The van der Waals surface area contributed by atoms with Crippen LogP contribution in [0.3, 0.4) is 0 Å². The Balaban J connectivity index is 1.21. The van der Waals surface area contributed by atoms with E-state index in [0.29, 0.717) is 18.1 Å². The highest BCUT2D eigenvalue weighted by Crippen LogP contribution is 2.34. The smallest absolute Gasteiger partial charge is 0.230 e. The van der Waals surface area contributed by atoms with E-state index in [0.717, 1.165) is 48.6 Å². The number of nitrogens with zero attached hydrogens (tertiary/aromatic N) is 3. The van der Waals surface area contributed by atoms with E-state index in [4.69, 9.17) is 9.47 Å². The molecule has 0 radical (unpaired) electrons. The van der Waals surface area contributed by atoms with Gasteiger partial charge in [0.05, 0.1) is 0 Å². The maximum atomic E-state index is 14.9. The fourth-order valence-electron chi connectivity index (χ4n) is 4.44. The lowest BCUT2D eigenvalue weighted by molar-refractivity contribution is 0.183. The standard InChI is InChI=1S/C27H29FN4O2/c1-19-16-20-8-9-24(26(28)23(20)17-19)34-25-10-11-29-27(31-25)30-21-6-5-7-22(18-21)33-15-14-32-12-3-2-4-13-32/h5-11,17-18H,2-4,12-16H2,1H3,(H,29,30,31). The molecule has 2 heterocycles. The zero-order chi connectivity index (χ0) is 23.3. The van der Waals surface area contributed by atoms with E-state index in [-0.39, 0.29) is 17.4 Å². The van der Waals surface area contributed by atoms with Gasteiger partial charge in [-0.1, -0.05) is 30.2 Å². The zero-order valence-corrected chi connectivity index (χ0v) is 19.4. The number of halogens is 1. The van der Waals surface area contributed by atoms with E-state index in [1.165, 1.54) is 19.3 Å². The number of likely N-dealkylation sites (tertiary alicyclic amines) is 1. The van der Waals surface area contributed by atoms with Crippen molar-refractivity contribution >= 4 is 17.7 Å². The molecule has 6 nitrogen and oxygen atoms in total. The van der Waals surface area contributed by atoms with Crippen LogP contribution in [0.4, 0.5) is 16.0 Å². The van der Waals surface area contributed by atoms with Gasteiger partial charge < -0.3 is 14.8 Å². The van der Waals surface area contributed by atoms with Gasteiger partial charge in [0.25, 0.3) is 0 Å². The van der Waals surface area contributed by atoms with Gasteiger partial charge in [0.15, 0.2) is 11.6 Å². The molecule has 34 heavy (non-hydrogen) atoms. The number of aromatic nitrogens is 2. The Labute approximate surface area is 199 Å². The molecule has 3 aromatic rings. The summed E-state index contributed by atoms with van der Waals surface area (Å²) in [5.74, 6) is 1.21. The monoisotopic (exact) mass is 460 g/mol. The first kappa shape index (κ1) is 22.3. The topological polar surface area (TPSA) is 59.5 Å². The van der Waals surface area contributed by atoms with Crippen molar-refractivity contribution in [1.82, 2.24) is 14.9 Å². The van der Waals surface area contributed by atoms with Gasteiger partial charge in [0, 0.05) is 36.1 Å². The molecule has 1 saturated heterocycles. The van der Waals surface area contributed by atoms with Gasteiger partial charge in [0.2, 0.25) is 11.8 Å². The number of anilines is 2. The highest BCUT2D eigenvalue weighted by molar-refractivity contribution is 5.65. The zero-order valence-electron chi connectivity index (χ0n) is 19.4. The summed E-state index contributed by atoms with van der Waals surface area (Å²) < 4.78 is 26.6. The van der Waals surface area contributed by atoms with Crippen molar-refractivity contribution in [3.05, 3.63) is 71.2 Å². The van der Waals surface area contributed by atoms with Crippen LogP contribution in [-0.4, -0.2) is 41.1 Å². The maximum Gasteiger partial charge on any atom is 0.230 e. The molecule has 1 N–H and O–H groups in total. The van der Waals surface area contributed by atoms with Crippen molar-refractivity contribution in [2.24, 2.45) is 0 Å². The second kappa shape index (κ2) is 10.2. The minimum Gasteiger partial charge on any atom is -0.492 e. The summed E-state index contributed by atoms with van der Waals surface area (Å²) in [5.41, 5.74) is 3.51. The average molecular weight is 461 g/mol. The quantitative estimate of drug-likeness (QED) is 0.447. The summed E-state index contributed by atoms with van der Waals surface area (Å²) in [6.07, 6.45) is 8.11. The van der Waals surface area contributed by atoms with E-state index in [9.17, 15) is 4.39 Å². The van der Waals surface area contributed by atoms with Crippen LogP contribution in [-0.2, 0) is 6.42 Å². The Morgan fingerprint density at radius 3 is 2.85 bits per heavy atom. The molecule has 2 aliphatic rings. The molecular formula is C27H29FN4O2. The lowest BCUT2D eigenvalue weighted by Gasteiger charge is -2.26. The molecule has 1 aliphatic carbocycles. The molecule has 0 spiro atoms. The van der Waals surface area contributed by atoms with Crippen molar-refractivity contribution in [2.45, 2.75) is 32.6 Å². The molecule has 5 rings (SSSR count). The van der Waals surface area contributed by atoms with E-state index in [1.54, 1.807) is 18.3 Å². The van der Waals surface area contributed by atoms with Crippen molar-refractivity contribution in [3.8, 4) is 17.4 Å². The SMILES string of the molecule is CC1=Cc2c(ccc(Oc3ccnc(Nc4cccc(OCCN5CCCCC5)c4)n3)c2F)C1. The molecular weight excluding hydrogens is 431 g/mol. The van der Waals surface area contributed by atoms with Gasteiger partial charge in [-0.05, 0) is 63.0 Å². The molecule has 0 bridgehead atoms. The average Bonchev–Trinajstić information content (AvgIpc) is 3.23. The van der Waals surface area contributed by atoms with Crippen LogP contribution in [0.1, 0.15) is 37.3 Å². The summed E-state index contributed by atoms with van der Waals surface area (Å²) >= 11 is 0. The second-order valence-electron chi connectivity index (χ2n) is 8.84. The van der Waals surface area contributed by atoms with Crippen molar-refractivity contribution in [3.63, 3.8) is 0 Å². The lowest BCUT2D eigenvalue weighted by atomic mass is 10.1. The molecule has 0 amide bonds. The fraction of sp³-hybridized carbons (Fsp3) is 0.333. The number of fused-ring (bicyclic) bond motifs is 1. The third-order valence-corrected chi connectivity index (χ3v) is 6.15. The van der Waals surface area contributed by atoms with Crippen molar-refractivity contribution in [1.29, 1.82) is 0 Å².